The smallest absolute Gasteiger partial charge is 0.224 e. The molecule has 2 aromatic rings. The van der Waals surface area contributed by atoms with E-state index in [1.165, 1.54) is 25.9 Å². The first-order chi connectivity index (χ1) is 11.3. The second kappa shape index (κ2) is 6.28. The van der Waals surface area contributed by atoms with Gasteiger partial charge < -0.3 is 9.80 Å². The Hall–Kier alpha value is -1.95. The number of para-hydroxylation sites is 1. The molecule has 0 N–H and O–H groups in total. The van der Waals surface area contributed by atoms with E-state index >= 15 is 0 Å². The SMILES string of the molecule is O=C1CCCN1C(CCN1CCCC1)n1nnc2ccccc21. The number of carbonyl (C=O) groups excluding carboxylic acids is 1. The summed E-state index contributed by atoms with van der Waals surface area (Å²) in [6, 6.07) is 7.99. The van der Waals surface area contributed by atoms with Crippen molar-refractivity contribution in [3.05, 3.63) is 24.3 Å². The van der Waals surface area contributed by atoms with Gasteiger partial charge in [-0.3, -0.25) is 4.79 Å². The highest BCUT2D eigenvalue weighted by atomic mass is 16.2. The number of benzene rings is 1. The molecule has 2 aliphatic rings. The highest BCUT2D eigenvalue weighted by Crippen LogP contribution is 2.27. The molecule has 1 unspecified atom stereocenters. The molecule has 122 valence electrons. The van der Waals surface area contributed by atoms with Gasteiger partial charge in [0.15, 0.2) is 0 Å². The Bertz CT molecular complexity index is 691. The van der Waals surface area contributed by atoms with E-state index in [-0.39, 0.29) is 12.1 Å². The third kappa shape index (κ3) is 2.83. The van der Waals surface area contributed by atoms with Gasteiger partial charge in [0.25, 0.3) is 0 Å². The highest BCUT2D eigenvalue weighted by molar-refractivity contribution is 5.79. The van der Waals surface area contributed by atoms with Gasteiger partial charge in [-0.1, -0.05) is 17.3 Å². The Morgan fingerprint density at radius 1 is 1.09 bits per heavy atom. The monoisotopic (exact) mass is 313 g/mol. The molecule has 1 aromatic carbocycles. The van der Waals surface area contributed by atoms with Crippen LogP contribution in [0.25, 0.3) is 11.0 Å². The lowest BCUT2D eigenvalue weighted by molar-refractivity contribution is -0.131. The topological polar surface area (TPSA) is 54.3 Å². The summed E-state index contributed by atoms with van der Waals surface area (Å²) in [5.41, 5.74) is 1.91. The van der Waals surface area contributed by atoms with E-state index in [0.717, 1.165) is 37.0 Å². The van der Waals surface area contributed by atoms with Gasteiger partial charge in [-0.2, -0.15) is 0 Å². The first-order valence-electron chi connectivity index (χ1n) is 8.65. The van der Waals surface area contributed by atoms with E-state index in [1.54, 1.807) is 0 Å². The van der Waals surface area contributed by atoms with Crippen molar-refractivity contribution < 1.29 is 4.79 Å². The van der Waals surface area contributed by atoms with Gasteiger partial charge in [0.05, 0.1) is 5.52 Å². The summed E-state index contributed by atoms with van der Waals surface area (Å²) in [6.07, 6.45) is 5.09. The molecule has 6 nitrogen and oxygen atoms in total. The Labute approximate surface area is 136 Å². The molecular weight excluding hydrogens is 290 g/mol. The number of carbonyl (C=O) groups is 1. The van der Waals surface area contributed by atoms with Crippen LogP contribution in [0.3, 0.4) is 0 Å². The molecule has 1 aromatic heterocycles. The first kappa shape index (κ1) is 14.6. The summed E-state index contributed by atoms with van der Waals surface area (Å²) in [7, 11) is 0. The molecule has 1 atom stereocenters. The maximum Gasteiger partial charge on any atom is 0.224 e. The van der Waals surface area contributed by atoms with Crippen molar-refractivity contribution in [3.63, 3.8) is 0 Å². The number of hydrogen-bond acceptors (Lipinski definition) is 4. The number of nitrogens with zero attached hydrogens (tertiary/aromatic N) is 5. The second-order valence-electron chi connectivity index (χ2n) is 6.53. The molecule has 2 saturated heterocycles. The average molecular weight is 313 g/mol. The number of likely N-dealkylation sites (tertiary alicyclic amines) is 2. The van der Waals surface area contributed by atoms with Gasteiger partial charge in [0.2, 0.25) is 5.91 Å². The van der Waals surface area contributed by atoms with Gasteiger partial charge in [0.1, 0.15) is 11.7 Å². The van der Waals surface area contributed by atoms with E-state index in [0.29, 0.717) is 6.42 Å². The molecule has 2 aliphatic heterocycles. The lowest BCUT2D eigenvalue weighted by atomic mass is 10.2. The van der Waals surface area contributed by atoms with Crippen molar-refractivity contribution in [2.45, 2.75) is 38.3 Å². The fourth-order valence-corrected chi connectivity index (χ4v) is 3.81. The zero-order valence-corrected chi connectivity index (χ0v) is 13.4. The Morgan fingerprint density at radius 3 is 2.70 bits per heavy atom. The van der Waals surface area contributed by atoms with Gasteiger partial charge in [0, 0.05) is 25.9 Å². The van der Waals surface area contributed by atoms with Gasteiger partial charge in [-0.25, -0.2) is 4.68 Å². The highest BCUT2D eigenvalue weighted by Gasteiger charge is 2.31. The molecular formula is C17H23N5O. The van der Waals surface area contributed by atoms with Crippen molar-refractivity contribution in [3.8, 4) is 0 Å². The fourth-order valence-electron chi connectivity index (χ4n) is 3.81. The summed E-state index contributed by atoms with van der Waals surface area (Å²) < 4.78 is 1.95. The summed E-state index contributed by atoms with van der Waals surface area (Å²) in [4.78, 5) is 16.8. The fraction of sp³-hybridized carbons (Fsp3) is 0.588. The Kier molecular flexibility index (Phi) is 3.99. The van der Waals surface area contributed by atoms with E-state index in [9.17, 15) is 4.79 Å². The average Bonchev–Trinajstić information content (AvgIpc) is 3.30. The summed E-state index contributed by atoms with van der Waals surface area (Å²) in [6.45, 7) is 4.21. The zero-order valence-electron chi connectivity index (χ0n) is 13.4. The normalized spacial score (nSPS) is 20.7. The van der Waals surface area contributed by atoms with Crippen LogP contribution in [-0.4, -0.2) is 56.9 Å². The minimum absolute atomic E-state index is 0.0157. The molecule has 2 fully saturated rings. The summed E-state index contributed by atoms with van der Waals surface area (Å²) in [5.74, 6) is 0.246. The third-order valence-corrected chi connectivity index (χ3v) is 5.03. The molecule has 6 heteroatoms. The molecule has 23 heavy (non-hydrogen) atoms. The molecule has 0 spiro atoms. The zero-order chi connectivity index (χ0) is 15.6. The Balaban J connectivity index is 1.62. The van der Waals surface area contributed by atoms with Crippen LogP contribution >= 0.6 is 0 Å². The number of hydrogen-bond donors (Lipinski definition) is 0. The number of fused-ring (bicyclic) bond motifs is 1. The predicted molar refractivity (Wildman–Crippen MR) is 87.8 cm³/mol. The van der Waals surface area contributed by atoms with Gasteiger partial charge in [-0.15, -0.1) is 5.10 Å². The van der Waals surface area contributed by atoms with Crippen LogP contribution in [0.2, 0.25) is 0 Å². The molecule has 0 bridgehead atoms. The molecule has 4 rings (SSSR count). The van der Waals surface area contributed by atoms with Crippen LogP contribution in [0.1, 0.15) is 38.3 Å². The minimum Gasteiger partial charge on any atom is -0.320 e. The lowest BCUT2D eigenvalue weighted by Gasteiger charge is -2.29. The number of amides is 1. The lowest BCUT2D eigenvalue weighted by Crippen LogP contribution is -2.36. The van der Waals surface area contributed by atoms with Crippen molar-refractivity contribution >= 4 is 16.9 Å². The van der Waals surface area contributed by atoms with E-state index in [4.69, 9.17) is 0 Å². The largest absolute Gasteiger partial charge is 0.320 e. The van der Waals surface area contributed by atoms with Crippen molar-refractivity contribution in [1.29, 1.82) is 0 Å². The molecule has 1 amide bonds. The maximum atomic E-state index is 12.3. The van der Waals surface area contributed by atoms with Gasteiger partial charge >= 0.3 is 0 Å². The standard InChI is InChI=1S/C17H23N5O/c23-17-8-5-12-21(17)16(9-13-20-10-3-4-11-20)22-15-7-2-1-6-14(15)18-19-22/h1-2,6-7,16H,3-5,8-13H2. The predicted octanol–water partition coefficient (Wildman–Crippen LogP) is 2.04. The van der Waals surface area contributed by atoms with E-state index in [1.807, 2.05) is 33.8 Å². The van der Waals surface area contributed by atoms with Gasteiger partial charge in [-0.05, 0) is 44.5 Å². The van der Waals surface area contributed by atoms with Crippen LogP contribution in [-0.2, 0) is 4.79 Å². The van der Waals surface area contributed by atoms with E-state index in [2.05, 4.69) is 15.2 Å². The van der Waals surface area contributed by atoms with Crippen LogP contribution < -0.4 is 0 Å². The molecule has 0 radical (unpaired) electrons. The Morgan fingerprint density at radius 2 is 1.91 bits per heavy atom. The van der Waals surface area contributed by atoms with Crippen molar-refractivity contribution in [2.24, 2.45) is 0 Å². The van der Waals surface area contributed by atoms with Crippen molar-refractivity contribution in [1.82, 2.24) is 24.8 Å². The summed E-state index contributed by atoms with van der Waals surface area (Å²) in [5, 5.41) is 8.65. The minimum atomic E-state index is -0.0157. The molecule has 0 aliphatic carbocycles. The van der Waals surface area contributed by atoms with Crippen LogP contribution in [0.5, 0.6) is 0 Å². The van der Waals surface area contributed by atoms with Crippen LogP contribution in [0.4, 0.5) is 0 Å². The summed E-state index contributed by atoms with van der Waals surface area (Å²) >= 11 is 0. The first-order valence-corrected chi connectivity index (χ1v) is 8.65. The number of rotatable bonds is 5. The maximum absolute atomic E-state index is 12.3. The molecule has 0 saturated carbocycles. The second-order valence-corrected chi connectivity index (χ2v) is 6.53. The third-order valence-electron chi connectivity index (χ3n) is 5.03. The van der Waals surface area contributed by atoms with E-state index < -0.39 is 0 Å². The van der Waals surface area contributed by atoms with Crippen molar-refractivity contribution in [2.75, 3.05) is 26.2 Å². The number of aromatic nitrogens is 3. The molecule has 3 heterocycles. The van der Waals surface area contributed by atoms with Crippen LogP contribution in [0.15, 0.2) is 24.3 Å². The van der Waals surface area contributed by atoms with Crippen LogP contribution in [0, 0.1) is 0 Å². The quantitative estimate of drug-likeness (QED) is 0.847.